The number of nitro benzene ring substituents is 1. The molecule has 0 aliphatic heterocycles. The second-order valence-electron chi connectivity index (χ2n) is 6.90. The smallest absolute Gasteiger partial charge is 0.342 e. The summed E-state index contributed by atoms with van der Waals surface area (Å²) in [5.41, 5.74) is 2.95. The molecule has 0 aliphatic carbocycles. The van der Waals surface area contributed by atoms with Crippen LogP contribution in [0, 0.1) is 10.1 Å². The highest BCUT2D eigenvalue weighted by Gasteiger charge is 2.20. The van der Waals surface area contributed by atoms with E-state index in [0.717, 1.165) is 11.3 Å². The molecule has 0 bridgehead atoms. The van der Waals surface area contributed by atoms with Gasteiger partial charge in [0, 0.05) is 23.9 Å². The summed E-state index contributed by atoms with van der Waals surface area (Å²) in [6.45, 7) is -0.0185. The zero-order chi connectivity index (χ0) is 22.5. The molecule has 0 radical (unpaired) electrons. The largest absolute Gasteiger partial charge is 0.497 e. The highest BCUT2D eigenvalue weighted by molar-refractivity contribution is 5.96. The Kier molecular flexibility index (Phi) is 5.94. The lowest BCUT2D eigenvalue weighted by Gasteiger charge is -2.06. The minimum atomic E-state index is -0.545. The fourth-order valence-corrected chi connectivity index (χ4v) is 3.14. The van der Waals surface area contributed by atoms with Gasteiger partial charge in [0.2, 0.25) is 0 Å². The van der Waals surface area contributed by atoms with Crippen molar-refractivity contribution in [2.24, 2.45) is 0 Å². The van der Waals surface area contributed by atoms with Crippen LogP contribution in [0.2, 0.25) is 0 Å². The predicted octanol–water partition coefficient (Wildman–Crippen LogP) is 4.81. The molecular weight excluding hydrogens is 410 g/mol. The molecule has 3 aromatic carbocycles. The molecule has 4 rings (SSSR count). The molecule has 0 unspecified atom stereocenters. The maximum Gasteiger partial charge on any atom is 0.342 e. The van der Waals surface area contributed by atoms with Crippen LogP contribution in [0.5, 0.6) is 5.75 Å². The lowest BCUT2D eigenvalue weighted by atomic mass is 10.1. The molecule has 0 aliphatic rings. The number of benzene rings is 3. The lowest BCUT2D eigenvalue weighted by molar-refractivity contribution is -0.384. The first-order chi connectivity index (χ1) is 15.5. The van der Waals surface area contributed by atoms with E-state index < -0.39 is 10.9 Å². The van der Waals surface area contributed by atoms with Crippen LogP contribution in [-0.4, -0.2) is 27.8 Å². The average molecular weight is 429 g/mol. The van der Waals surface area contributed by atoms with E-state index in [1.165, 1.54) is 12.1 Å². The zero-order valence-electron chi connectivity index (χ0n) is 17.2. The van der Waals surface area contributed by atoms with Crippen LogP contribution in [0.25, 0.3) is 16.9 Å². The predicted molar refractivity (Wildman–Crippen MR) is 118 cm³/mol. The Morgan fingerprint density at radius 3 is 2.31 bits per heavy atom. The molecule has 8 heteroatoms. The summed E-state index contributed by atoms with van der Waals surface area (Å²) in [6, 6.07) is 22.5. The summed E-state index contributed by atoms with van der Waals surface area (Å²) >= 11 is 0. The molecular formula is C24H19N3O5. The third kappa shape index (κ3) is 4.49. The van der Waals surface area contributed by atoms with E-state index in [2.05, 4.69) is 5.10 Å². The Hall–Kier alpha value is -4.46. The van der Waals surface area contributed by atoms with Gasteiger partial charge in [0.15, 0.2) is 0 Å². The van der Waals surface area contributed by atoms with Gasteiger partial charge in [-0.2, -0.15) is 5.10 Å². The van der Waals surface area contributed by atoms with Crippen LogP contribution in [0.1, 0.15) is 15.9 Å². The normalized spacial score (nSPS) is 10.5. The molecule has 1 aromatic heterocycles. The number of methoxy groups -OCH3 is 1. The second-order valence-corrected chi connectivity index (χ2v) is 6.90. The summed E-state index contributed by atoms with van der Waals surface area (Å²) in [5.74, 6) is 0.148. The van der Waals surface area contributed by atoms with Gasteiger partial charge in [-0.3, -0.25) is 10.1 Å². The molecule has 0 atom stereocenters. The van der Waals surface area contributed by atoms with Crippen molar-refractivity contribution in [2.75, 3.05) is 7.11 Å². The molecule has 0 N–H and O–H groups in total. The van der Waals surface area contributed by atoms with E-state index in [1.54, 1.807) is 42.3 Å². The van der Waals surface area contributed by atoms with Crippen molar-refractivity contribution in [2.45, 2.75) is 6.61 Å². The van der Waals surface area contributed by atoms with Crippen molar-refractivity contribution in [1.82, 2.24) is 9.78 Å². The quantitative estimate of drug-likeness (QED) is 0.238. The molecule has 4 aromatic rings. The summed E-state index contributed by atoms with van der Waals surface area (Å²) < 4.78 is 12.3. The Morgan fingerprint density at radius 1 is 1.00 bits per heavy atom. The standard InChI is InChI=1S/C24H19N3O5/c1-31-21-13-9-18(10-14-21)23-22(15-26(25-23)19-5-3-2-4-6-19)24(28)32-16-17-7-11-20(12-8-17)27(29)30/h2-15H,16H2,1H3. The second kappa shape index (κ2) is 9.13. The van der Waals surface area contributed by atoms with Crippen LogP contribution in [0.3, 0.4) is 0 Å². The SMILES string of the molecule is COc1ccc(-c2nn(-c3ccccc3)cc2C(=O)OCc2ccc([N+](=O)[O-])cc2)cc1. The van der Waals surface area contributed by atoms with E-state index in [1.807, 2.05) is 42.5 Å². The number of para-hydroxylation sites is 1. The molecule has 0 spiro atoms. The maximum atomic E-state index is 12.9. The molecule has 0 amide bonds. The first-order valence-electron chi connectivity index (χ1n) is 9.75. The van der Waals surface area contributed by atoms with Crippen LogP contribution in [0.15, 0.2) is 85.1 Å². The number of hydrogen-bond donors (Lipinski definition) is 0. The number of esters is 1. The minimum Gasteiger partial charge on any atom is -0.497 e. The van der Waals surface area contributed by atoms with E-state index in [-0.39, 0.29) is 12.3 Å². The molecule has 0 saturated heterocycles. The van der Waals surface area contributed by atoms with Gasteiger partial charge in [0.05, 0.1) is 17.7 Å². The van der Waals surface area contributed by atoms with Gasteiger partial charge in [-0.1, -0.05) is 18.2 Å². The first-order valence-corrected chi connectivity index (χ1v) is 9.75. The Labute approximate surface area is 183 Å². The molecule has 0 saturated carbocycles. The van der Waals surface area contributed by atoms with Gasteiger partial charge in [0.1, 0.15) is 23.6 Å². The molecule has 32 heavy (non-hydrogen) atoms. The number of ether oxygens (including phenoxy) is 2. The van der Waals surface area contributed by atoms with E-state index in [0.29, 0.717) is 22.6 Å². The van der Waals surface area contributed by atoms with Crippen LogP contribution in [-0.2, 0) is 11.3 Å². The average Bonchev–Trinajstić information content (AvgIpc) is 3.29. The van der Waals surface area contributed by atoms with Gasteiger partial charge in [-0.25, -0.2) is 9.48 Å². The zero-order valence-corrected chi connectivity index (χ0v) is 17.2. The fourth-order valence-electron chi connectivity index (χ4n) is 3.14. The Morgan fingerprint density at radius 2 is 1.69 bits per heavy atom. The maximum absolute atomic E-state index is 12.9. The van der Waals surface area contributed by atoms with Crippen molar-refractivity contribution in [3.8, 4) is 22.7 Å². The molecule has 1 heterocycles. The van der Waals surface area contributed by atoms with Gasteiger partial charge in [0.25, 0.3) is 5.69 Å². The number of carbonyl (C=O) groups excluding carboxylic acids is 1. The van der Waals surface area contributed by atoms with Crippen LogP contribution >= 0.6 is 0 Å². The summed E-state index contributed by atoms with van der Waals surface area (Å²) in [5, 5.41) is 15.4. The minimum absolute atomic E-state index is 0.0185. The number of carbonyl (C=O) groups is 1. The topological polar surface area (TPSA) is 96.5 Å². The number of hydrogen-bond acceptors (Lipinski definition) is 6. The number of aromatic nitrogens is 2. The number of nitro groups is 1. The third-order valence-electron chi connectivity index (χ3n) is 4.84. The van der Waals surface area contributed by atoms with Crippen LogP contribution < -0.4 is 4.74 Å². The number of rotatable bonds is 7. The Bertz CT molecular complexity index is 1230. The number of non-ortho nitro benzene ring substituents is 1. The molecule has 160 valence electrons. The summed E-state index contributed by atoms with van der Waals surface area (Å²) in [6.07, 6.45) is 1.63. The molecule has 0 fully saturated rings. The van der Waals surface area contributed by atoms with Gasteiger partial charge in [-0.05, 0) is 54.1 Å². The highest BCUT2D eigenvalue weighted by atomic mass is 16.6. The molecule has 8 nitrogen and oxygen atoms in total. The van der Waals surface area contributed by atoms with E-state index in [4.69, 9.17) is 9.47 Å². The van der Waals surface area contributed by atoms with Crippen molar-refractivity contribution in [1.29, 1.82) is 0 Å². The monoisotopic (exact) mass is 429 g/mol. The number of nitrogens with zero attached hydrogens (tertiary/aromatic N) is 3. The highest BCUT2D eigenvalue weighted by Crippen LogP contribution is 2.27. The van der Waals surface area contributed by atoms with E-state index in [9.17, 15) is 14.9 Å². The van der Waals surface area contributed by atoms with Gasteiger partial charge >= 0.3 is 5.97 Å². The van der Waals surface area contributed by atoms with Crippen molar-refractivity contribution in [3.05, 3.63) is 106 Å². The fraction of sp³-hybridized carbons (Fsp3) is 0.0833. The van der Waals surface area contributed by atoms with E-state index >= 15 is 0 Å². The van der Waals surface area contributed by atoms with Crippen molar-refractivity contribution < 1.29 is 19.2 Å². The van der Waals surface area contributed by atoms with Gasteiger partial charge in [-0.15, -0.1) is 0 Å². The third-order valence-corrected chi connectivity index (χ3v) is 4.84. The first kappa shape index (κ1) is 20.8. The van der Waals surface area contributed by atoms with Crippen molar-refractivity contribution >= 4 is 11.7 Å². The van der Waals surface area contributed by atoms with Crippen molar-refractivity contribution in [3.63, 3.8) is 0 Å². The summed E-state index contributed by atoms with van der Waals surface area (Å²) in [7, 11) is 1.58. The lowest BCUT2D eigenvalue weighted by Crippen LogP contribution is -2.06. The van der Waals surface area contributed by atoms with Gasteiger partial charge < -0.3 is 9.47 Å². The summed E-state index contributed by atoms with van der Waals surface area (Å²) in [4.78, 5) is 23.3. The van der Waals surface area contributed by atoms with Crippen LogP contribution in [0.4, 0.5) is 5.69 Å². The Balaban J connectivity index is 1.62.